The number of aryl methyl sites for hydroxylation is 4. The third-order valence-electron chi connectivity index (χ3n) is 10.6. The number of aromatic nitrogens is 2. The van der Waals surface area contributed by atoms with Crippen LogP contribution in [0.5, 0.6) is 0 Å². The largest absolute Gasteiger partial charge is 0.446 e. The van der Waals surface area contributed by atoms with Crippen molar-refractivity contribution >= 4 is 23.6 Å². The van der Waals surface area contributed by atoms with E-state index in [2.05, 4.69) is 65.2 Å². The fraction of sp³-hybridized carbons (Fsp3) is 0.439. The molecule has 9 heteroatoms. The van der Waals surface area contributed by atoms with Crippen LogP contribution in [0.3, 0.4) is 0 Å². The molecule has 2 amide bonds. The number of benzene rings is 2. The minimum atomic E-state index is -0.705. The van der Waals surface area contributed by atoms with Gasteiger partial charge in [0.05, 0.1) is 11.7 Å². The number of piperazine rings is 1. The molecule has 2 aliphatic carbocycles. The van der Waals surface area contributed by atoms with E-state index in [-0.39, 0.29) is 24.1 Å². The Morgan fingerprint density at radius 1 is 0.960 bits per heavy atom. The molecule has 262 valence electrons. The molecular weight excluding hydrogens is 646 g/mol. The zero-order valence-corrected chi connectivity index (χ0v) is 29.8. The van der Waals surface area contributed by atoms with Gasteiger partial charge in [-0.3, -0.25) is 19.6 Å². The standard InChI is InChI=1S/C41H48ClN5O3/c1-30-19-23-44(27-30)21-9-22-46(28-31-10-4-2-5-11-31)40(48)37-29-45(24-25-47(37)41(49)50-35-13-6-3-7-14-35)39-36-18-17-34(42)26-33(36)16-15-32-12-8-20-43-38(32)39/h2,4-5,8,10-12,17-20,23,26-27,35,37,39H,3,6-7,9,13-16,21-22,24-25,28-29H2,1H3/t37-,39+/m1/s1. The molecular formula is C41H48ClN5O3. The van der Waals surface area contributed by atoms with Crippen molar-refractivity contribution in [1.29, 1.82) is 0 Å². The number of hydrogen-bond donors (Lipinski definition) is 0. The summed E-state index contributed by atoms with van der Waals surface area (Å²) in [5.74, 6) is -0.0472. The van der Waals surface area contributed by atoms with Gasteiger partial charge >= 0.3 is 6.09 Å². The highest BCUT2D eigenvalue weighted by Gasteiger charge is 2.42. The van der Waals surface area contributed by atoms with Crippen LogP contribution in [-0.2, 0) is 35.5 Å². The van der Waals surface area contributed by atoms with Gasteiger partial charge in [0.1, 0.15) is 12.1 Å². The average molecular weight is 694 g/mol. The number of carbonyl (C=O) groups is 2. The molecule has 0 radical (unpaired) electrons. The number of rotatable bonds is 9. The lowest BCUT2D eigenvalue weighted by Crippen LogP contribution is -2.62. The Morgan fingerprint density at radius 2 is 1.78 bits per heavy atom. The van der Waals surface area contributed by atoms with E-state index >= 15 is 0 Å². The third kappa shape index (κ3) is 7.92. The number of fused-ring (bicyclic) bond motifs is 2. The molecule has 1 aliphatic heterocycles. The van der Waals surface area contributed by atoms with Gasteiger partial charge in [0.25, 0.3) is 0 Å². The SMILES string of the molecule is Cc1ccn(CCCN(Cc2ccccc2)C(=O)[C@H]2CN([C@H]3c4ccc(Cl)cc4CCc4cccnc43)CCN2C(=O)OC2CCCCC2)c1. The number of ether oxygens (including phenoxy) is 1. The molecule has 2 atom stereocenters. The number of carbonyl (C=O) groups excluding carboxylic acids is 2. The van der Waals surface area contributed by atoms with Gasteiger partial charge < -0.3 is 14.2 Å². The first-order valence-corrected chi connectivity index (χ1v) is 18.7. The summed E-state index contributed by atoms with van der Waals surface area (Å²) in [6, 6.07) is 21.7. The van der Waals surface area contributed by atoms with Crippen LogP contribution in [0.25, 0.3) is 0 Å². The molecule has 2 fully saturated rings. The number of hydrogen-bond acceptors (Lipinski definition) is 5. The van der Waals surface area contributed by atoms with Crippen molar-refractivity contribution in [3.8, 4) is 0 Å². The fourth-order valence-corrected chi connectivity index (χ4v) is 8.23. The molecule has 7 rings (SSSR count). The lowest BCUT2D eigenvalue weighted by atomic mass is 9.95. The summed E-state index contributed by atoms with van der Waals surface area (Å²) >= 11 is 6.52. The predicted molar refractivity (Wildman–Crippen MR) is 196 cm³/mol. The lowest BCUT2D eigenvalue weighted by Gasteiger charge is -2.45. The first-order valence-electron chi connectivity index (χ1n) is 18.3. The second-order valence-electron chi connectivity index (χ2n) is 14.2. The predicted octanol–water partition coefficient (Wildman–Crippen LogP) is 7.61. The molecule has 8 nitrogen and oxygen atoms in total. The van der Waals surface area contributed by atoms with Gasteiger partial charge in [-0.1, -0.05) is 60.5 Å². The minimum absolute atomic E-state index is 0.0472. The quantitative estimate of drug-likeness (QED) is 0.181. The molecule has 0 bridgehead atoms. The molecule has 50 heavy (non-hydrogen) atoms. The van der Waals surface area contributed by atoms with E-state index in [1.807, 2.05) is 41.4 Å². The maximum atomic E-state index is 15.0. The summed E-state index contributed by atoms with van der Waals surface area (Å²) in [5, 5.41) is 0.719. The molecule has 1 saturated carbocycles. The topological polar surface area (TPSA) is 70.9 Å². The highest BCUT2D eigenvalue weighted by molar-refractivity contribution is 6.30. The number of pyridine rings is 1. The van der Waals surface area contributed by atoms with Crippen LogP contribution in [0.4, 0.5) is 4.79 Å². The Bertz CT molecular complexity index is 1770. The normalized spacial score (nSPS) is 19.7. The average Bonchev–Trinajstić information content (AvgIpc) is 3.48. The van der Waals surface area contributed by atoms with Crippen molar-refractivity contribution in [1.82, 2.24) is 24.3 Å². The number of amides is 2. The van der Waals surface area contributed by atoms with Crippen molar-refractivity contribution in [3.05, 3.63) is 124 Å². The molecule has 0 spiro atoms. The van der Waals surface area contributed by atoms with E-state index in [1.54, 1.807) is 4.90 Å². The number of halogens is 1. The molecule has 1 saturated heterocycles. The summed E-state index contributed by atoms with van der Waals surface area (Å²) in [4.78, 5) is 40.0. The second-order valence-corrected chi connectivity index (χ2v) is 14.6. The van der Waals surface area contributed by atoms with Crippen LogP contribution >= 0.6 is 11.6 Å². The monoisotopic (exact) mass is 693 g/mol. The van der Waals surface area contributed by atoms with Crippen molar-refractivity contribution in [3.63, 3.8) is 0 Å². The maximum Gasteiger partial charge on any atom is 0.410 e. The van der Waals surface area contributed by atoms with E-state index in [0.717, 1.165) is 67.8 Å². The van der Waals surface area contributed by atoms with Gasteiger partial charge in [-0.05, 0) is 104 Å². The summed E-state index contributed by atoms with van der Waals surface area (Å²) in [5.41, 5.74) is 6.87. The van der Waals surface area contributed by atoms with Gasteiger partial charge in [0, 0.05) is 62.9 Å². The minimum Gasteiger partial charge on any atom is -0.446 e. The van der Waals surface area contributed by atoms with Crippen LogP contribution in [0, 0.1) is 6.92 Å². The van der Waals surface area contributed by atoms with Crippen molar-refractivity contribution in [2.24, 2.45) is 0 Å². The van der Waals surface area contributed by atoms with Crippen molar-refractivity contribution < 1.29 is 14.3 Å². The zero-order chi connectivity index (χ0) is 34.5. The van der Waals surface area contributed by atoms with Gasteiger partial charge in [-0.2, -0.15) is 0 Å². The fourth-order valence-electron chi connectivity index (χ4n) is 8.04. The van der Waals surface area contributed by atoms with Crippen molar-refractivity contribution in [2.75, 3.05) is 26.2 Å². The van der Waals surface area contributed by atoms with Crippen LogP contribution in [-0.4, -0.2) is 74.6 Å². The van der Waals surface area contributed by atoms with Crippen LogP contribution < -0.4 is 0 Å². The molecule has 2 aromatic heterocycles. The van der Waals surface area contributed by atoms with Crippen LogP contribution in [0.15, 0.2) is 85.3 Å². The van der Waals surface area contributed by atoms with Gasteiger partial charge in [0.15, 0.2) is 0 Å². The van der Waals surface area contributed by atoms with E-state index in [4.69, 9.17) is 21.3 Å². The smallest absolute Gasteiger partial charge is 0.410 e. The Kier molecular flexibility index (Phi) is 10.9. The summed E-state index contributed by atoms with van der Waals surface area (Å²) in [6.45, 7) is 5.31. The van der Waals surface area contributed by atoms with Gasteiger partial charge in [-0.25, -0.2) is 4.79 Å². The maximum absolute atomic E-state index is 15.0. The van der Waals surface area contributed by atoms with E-state index < -0.39 is 6.04 Å². The Morgan fingerprint density at radius 3 is 2.58 bits per heavy atom. The third-order valence-corrected chi connectivity index (χ3v) is 10.9. The molecule has 3 aliphatic rings. The van der Waals surface area contributed by atoms with Gasteiger partial charge in [0.2, 0.25) is 5.91 Å². The Labute approximate surface area is 301 Å². The van der Waals surface area contributed by atoms with Crippen LogP contribution in [0.2, 0.25) is 5.02 Å². The zero-order valence-electron chi connectivity index (χ0n) is 29.1. The molecule has 3 heterocycles. The first kappa shape index (κ1) is 34.3. The van der Waals surface area contributed by atoms with Gasteiger partial charge in [-0.15, -0.1) is 0 Å². The highest BCUT2D eigenvalue weighted by Crippen LogP contribution is 2.38. The van der Waals surface area contributed by atoms with Crippen LogP contribution in [0.1, 0.15) is 78.1 Å². The van der Waals surface area contributed by atoms with Crippen molar-refractivity contribution in [2.45, 2.75) is 89.6 Å². The second kappa shape index (κ2) is 15.8. The highest BCUT2D eigenvalue weighted by atomic mass is 35.5. The molecule has 4 aromatic rings. The molecule has 2 aromatic carbocycles. The van der Waals surface area contributed by atoms with E-state index in [9.17, 15) is 9.59 Å². The lowest BCUT2D eigenvalue weighted by molar-refractivity contribution is -0.140. The summed E-state index contributed by atoms with van der Waals surface area (Å²) < 4.78 is 8.32. The molecule has 0 unspecified atom stereocenters. The summed E-state index contributed by atoms with van der Waals surface area (Å²) in [6.07, 6.45) is 13.2. The Hall–Kier alpha value is -4.14. The Balaban J connectivity index is 1.21. The first-order chi connectivity index (χ1) is 24.4. The van der Waals surface area contributed by atoms with E-state index in [1.165, 1.54) is 28.7 Å². The van der Waals surface area contributed by atoms with E-state index in [0.29, 0.717) is 32.7 Å². The number of nitrogens with zero attached hydrogens (tertiary/aromatic N) is 5. The molecule has 0 N–H and O–H groups in total. The summed E-state index contributed by atoms with van der Waals surface area (Å²) in [7, 11) is 0.